The lowest BCUT2D eigenvalue weighted by atomic mass is 10.1. The minimum atomic E-state index is -0.221. The number of piperazine rings is 1. The highest BCUT2D eigenvalue weighted by atomic mass is 32.1. The van der Waals surface area contributed by atoms with Gasteiger partial charge in [-0.2, -0.15) is 0 Å². The van der Waals surface area contributed by atoms with Gasteiger partial charge >= 0.3 is 0 Å². The molecule has 0 aliphatic carbocycles. The van der Waals surface area contributed by atoms with Crippen LogP contribution in [0.25, 0.3) is 0 Å². The fourth-order valence-corrected chi connectivity index (χ4v) is 4.00. The molecule has 1 N–H and O–H groups in total. The highest BCUT2D eigenvalue weighted by Crippen LogP contribution is 2.18. The Kier molecular flexibility index (Phi) is 6.63. The van der Waals surface area contributed by atoms with Gasteiger partial charge in [0.2, 0.25) is 5.91 Å². The van der Waals surface area contributed by atoms with Gasteiger partial charge in [0.05, 0.1) is 10.9 Å². The zero-order valence-electron chi connectivity index (χ0n) is 15.8. The van der Waals surface area contributed by atoms with Crippen LogP contribution in [0.5, 0.6) is 0 Å². The van der Waals surface area contributed by atoms with Crippen molar-refractivity contribution in [3.05, 3.63) is 34.2 Å². The van der Waals surface area contributed by atoms with E-state index >= 15 is 0 Å². The maximum atomic E-state index is 12.8. The molecule has 1 aliphatic heterocycles. The summed E-state index contributed by atoms with van der Waals surface area (Å²) in [6.07, 6.45) is 2.80. The largest absolute Gasteiger partial charge is 0.360 e. The number of hydrogen-bond acceptors (Lipinski definition) is 6. The molecule has 2 amide bonds. The van der Waals surface area contributed by atoms with Crippen LogP contribution in [-0.4, -0.2) is 59.0 Å². The van der Waals surface area contributed by atoms with E-state index in [0.29, 0.717) is 37.8 Å². The van der Waals surface area contributed by atoms with E-state index in [1.165, 1.54) is 11.3 Å². The summed E-state index contributed by atoms with van der Waals surface area (Å²) in [4.78, 5) is 30.1. The fraction of sp³-hybridized carbons (Fsp3) is 0.526. The number of amides is 2. The second-order valence-corrected chi connectivity index (χ2v) is 7.72. The summed E-state index contributed by atoms with van der Waals surface area (Å²) in [5.74, 6) is 1.13. The second-order valence-electron chi connectivity index (χ2n) is 6.78. The number of carbonyl (C=O) groups excluding carboxylic acids is 2. The van der Waals surface area contributed by atoms with Gasteiger partial charge in [0.25, 0.3) is 5.91 Å². The standard InChI is InChI=1S/C19H26N4O3S/c1-3-4-6-15(18(24)20-17-13-14(2)26-21-17)22-8-10-23(11-9-22)19(25)16-7-5-12-27-16/h5,7,12-13,15H,3-4,6,8-11H2,1-2H3,(H,20,21,24). The van der Waals surface area contributed by atoms with E-state index in [2.05, 4.69) is 22.3 Å². The summed E-state index contributed by atoms with van der Waals surface area (Å²) in [6.45, 7) is 6.56. The van der Waals surface area contributed by atoms with Crippen LogP contribution in [0.4, 0.5) is 5.82 Å². The van der Waals surface area contributed by atoms with Crippen molar-refractivity contribution in [2.24, 2.45) is 0 Å². The molecule has 27 heavy (non-hydrogen) atoms. The van der Waals surface area contributed by atoms with E-state index in [9.17, 15) is 9.59 Å². The van der Waals surface area contributed by atoms with Crippen LogP contribution >= 0.6 is 11.3 Å². The monoisotopic (exact) mass is 390 g/mol. The van der Waals surface area contributed by atoms with E-state index in [-0.39, 0.29) is 17.9 Å². The summed E-state index contributed by atoms with van der Waals surface area (Å²) < 4.78 is 5.03. The Morgan fingerprint density at radius 2 is 2.11 bits per heavy atom. The van der Waals surface area contributed by atoms with Crippen molar-refractivity contribution in [1.29, 1.82) is 0 Å². The molecule has 1 aliphatic rings. The molecule has 1 saturated heterocycles. The first-order valence-corrected chi connectivity index (χ1v) is 10.3. The lowest BCUT2D eigenvalue weighted by Crippen LogP contribution is -2.54. The third-order valence-corrected chi connectivity index (χ3v) is 5.65. The fourth-order valence-electron chi connectivity index (χ4n) is 3.30. The number of thiophene rings is 1. The van der Waals surface area contributed by atoms with Crippen molar-refractivity contribution >= 4 is 29.0 Å². The number of rotatable bonds is 7. The number of aryl methyl sites for hydroxylation is 1. The van der Waals surface area contributed by atoms with E-state index in [0.717, 1.165) is 24.1 Å². The van der Waals surface area contributed by atoms with Crippen LogP contribution < -0.4 is 5.32 Å². The van der Waals surface area contributed by atoms with Gasteiger partial charge in [-0.15, -0.1) is 11.3 Å². The van der Waals surface area contributed by atoms with E-state index in [1.807, 2.05) is 22.4 Å². The molecule has 0 radical (unpaired) electrons. The predicted octanol–water partition coefficient (Wildman–Crippen LogP) is 3.00. The molecule has 0 saturated carbocycles. The van der Waals surface area contributed by atoms with Crippen LogP contribution in [0.15, 0.2) is 28.1 Å². The zero-order chi connectivity index (χ0) is 19.2. The molecular weight excluding hydrogens is 364 g/mol. The number of nitrogens with zero attached hydrogens (tertiary/aromatic N) is 3. The number of anilines is 1. The molecule has 0 spiro atoms. The number of aromatic nitrogens is 1. The molecule has 1 fully saturated rings. The topological polar surface area (TPSA) is 78.7 Å². The Labute approximate surface area is 163 Å². The Morgan fingerprint density at radius 3 is 2.70 bits per heavy atom. The molecule has 1 unspecified atom stereocenters. The molecule has 146 valence electrons. The van der Waals surface area contributed by atoms with Crippen LogP contribution in [0, 0.1) is 6.92 Å². The van der Waals surface area contributed by atoms with Crippen molar-refractivity contribution < 1.29 is 14.1 Å². The maximum Gasteiger partial charge on any atom is 0.264 e. The minimum Gasteiger partial charge on any atom is -0.360 e. The Bertz CT molecular complexity index is 751. The minimum absolute atomic E-state index is 0.0604. The lowest BCUT2D eigenvalue weighted by molar-refractivity contribution is -0.122. The lowest BCUT2D eigenvalue weighted by Gasteiger charge is -2.38. The van der Waals surface area contributed by atoms with Gasteiger partial charge in [-0.3, -0.25) is 14.5 Å². The molecule has 0 bridgehead atoms. The van der Waals surface area contributed by atoms with Crippen LogP contribution in [0.2, 0.25) is 0 Å². The molecule has 8 heteroatoms. The number of unbranched alkanes of at least 4 members (excludes halogenated alkanes) is 1. The van der Waals surface area contributed by atoms with Gasteiger partial charge < -0.3 is 14.7 Å². The van der Waals surface area contributed by atoms with E-state index in [1.54, 1.807) is 13.0 Å². The third kappa shape index (κ3) is 4.95. The van der Waals surface area contributed by atoms with Crippen LogP contribution in [0.1, 0.15) is 41.6 Å². The summed E-state index contributed by atoms with van der Waals surface area (Å²) in [5.41, 5.74) is 0. The van der Waals surface area contributed by atoms with Gasteiger partial charge in [-0.25, -0.2) is 0 Å². The third-order valence-electron chi connectivity index (χ3n) is 4.79. The Morgan fingerprint density at radius 1 is 1.33 bits per heavy atom. The van der Waals surface area contributed by atoms with Gasteiger partial charge in [0.15, 0.2) is 5.82 Å². The highest BCUT2D eigenvalue weighted by molar-refractivity contribution is 7.12. The van der Waals surface area contributed by atoms with E-state index in [4.69, 9.17) is 4.52 Å². The average molecular weight is 391 g/mol. The van der Waals surface area contributed by atoms with Crippen molar-refractivity contribution in [2.75, 3.05) is 31.5 Å². The Balaban J connectivity index is 1.60. The van der Waals surface area contributed by atoms with Crippen molar-refractivity contribution in [3.63, 3.8) is 0 Å². The number of carbonyl (C=O) groups is 2. The smallest absolute Gasteiger partial charge is 0.264 e. The summed E-state index contributed by atoms with van der Waals surface area (Å²) >= 11 is 1.47. The molecule has 2 aromatic heterocycles. The maximum absolute atomic E-state index is 12.8. The van der Waals surface area contributed by atoms with Gasteiger partial charge in [-0.05, 0) is 24.8 Å². The van der Waals surface area contributed by atoms with Crippen molar-refractivity contribution in [1.82, 2.24) is 15.0 Å². The number of hydrogen-bond donors (Lipinski definition) is 1. The quantitative estimate of drug-likeness (QED) is 0.786. The molecular formula is C19H26N4O3S. The van der Waals surface area contributed by atoms with Gasteiger partial charge in [0, 0.05) is 32.2 Å². The SMILES string of the molecule is CCCCC(C(=O)Nc1cc(C)on1)N1CCN(C(=O)c2cccs2)CC1. The van der Waals surface area contributed by atoms with Gasteiger partial charge in [-0.1, -0.05) is 31.0 Å². The normalized spacial score (nSPS) is 16.3. The number of nitrogens with one attached hydrogen (secondary N) is 1. The average Bonchev–Trinajstić information content (AvgIpc) is 3.34. The molecule has 3 heterocycles. The highest BCUT2D eigenvalue weighted by Gasteiger charge is 2.31. The molecule has 1 atom stereocenters. The first-order chi connectivity index (χ1) is 13.1. The second kappa shape index (κ2) is 9.14. The molecule has 0 aromatic carbocycles. The Hall–Kier alpha value is -2.19. The van der Waals surface area contributed by atoms with E-state index < -0.39 is 0 Å². The van der Waals surface area contributed by atoms with Gasteiger partial charge in [0.1, 0.15) is 5.76 Å². The first-order valence-electron chi connectivity index (χ1n) is 9.39. The molecule has 2 aromatic rings. The van der Waals surface area contributed by atoms with Crippen molar-refractivity contribution in [3.8, 4) is 0 Å². The van der Waals surface area contributed by atoms with Crippen molar-refractivity contribution in [2.45, 2.75) is 39.2 Å². The van der Waals surface area contributed by atoms with Crippen LogP contribution in [-0.2, 0) is 4.79 Å². The predicted molar refractivity (Wildman–Crippen MR) is 105 cm³/mol. The summed E-state index contributed by atoms with van der Waals surface area (Å²) in [5, 5.41) is 8.63. The molecule has 3 rings (SSSR count). The summed E-state index contributed by atoms with van der Waals surface area (Å²) in [7, 11) is 0. The summed E-state index contributed by atoms with van der Waals surface area (Å²) in [6, 6.07) is 5.24. The van der Waals surface area contributed by atoms with Crippen LogP contribution in [0.3, 0.4) is 0 Å². The first kappa shape index (κ1) is 19.6. The zero-order valence-corrected chi connectivity index (χ0v) is 16.6. The molecule has 7 nitrogen and oxygen atoms in total.